The first-order chi connectivity index (χ1) is 7.85. The molecule has 0 saturated carbocycles. The van der Waals surface area contributed by atoms with Gasteiger partial charge in [0.2, 0.25) is 0 Å². The smallest absolute Gasteiger partial charge is 0.129 e. The molecule has 96 valence electrons. The van der Waals surface area contributed by atoms with Crippen molar-refractivity contribution in [2.45, 2.75) is 45.3 Å². The van der Waals surface area contributed by atoms with Gasteiger partial charge in [-0.25, -0.2) is 4.39 Å². The number of methoxy groups -OCH3 is 1. The number of hydrogen-bond acceptors (Lipinski definition) is 2. The Morgan fingerprint density at radius 2 is 2.06 bits per heavy atom. The summed E-state index contributed by atoms with van der Waals surface area (Å²) >= 11 is 0. The van der Waals surface area contributed by atoms with E-state index in [0.717, 1.165) is 5.56 Å². The van der Waals surface area contributed by atoms with Crippen LogP contribution in [0.1, 0.15) is 43.9 Å². The van der Waals surface area contributed by atoms with Crippen LogP contribution in [-0.2, 0) is 4.74 Å². The van der Waals surface area contributed by atoms with Gasteiger partial charge in [-0.3, -0.25) is 0 Å². The maximum atomic E-state index is 13.6. The van der Waals surface area contributed by atoms with E-state index in [1.54, 1.807) is 13.2 Å². The summed E-state index contributed by atoms with van der Waals surface area (Å²) < 4.78 is 18.9. The summed E-state index contributed by atoms with van der Waals surface area (Å²) in [5.74, 6) is -0.340. The number of aryl methyl sites for hydroxylation is 1. The molecule has 1 N–H and O–H groups in total. The fourth-order valence-electron chi connectivity index (χ4n) is 1.64. The second-order valence-corrected chi connectivity index (χ2v) is 5.04. The van der Waals surface area contributed by atoms with Crippen LogP contribution in [-0.4, -0.2) is 17.8 Å². The molecule has 0 aliphatic carbocycles. The lowest BCUT2D eigenvalue weighted by Gasteiger charge is -2.24. The topological polar surface area (TPSA) is 29.5 Å². The van der Waals surface area contributed by atoms with Gasteiger partial charge in [0.1, 0.15) is 5.82 Å². The molecule has 1 rings (SSSR count). The molecule has 0 fully saturated rings. The van der Waals surface area contributed by atoms with Crippen molar-refractivity contribution < 1.29 is 14.2 Å². The van der Waals surface area contributed by atoms with Crippen molar-refractivity contribution in [3.63, 3.8) is 0 Å². The van der Waals surface area contributed by atoms with Crippen LogP contribution in [0.25, 0.3) is 0 Å². The molecule has 0 saturated heterocycles. The average Bonchev–Trinajstić information content (AvgIpc) is 2.26. The molecule has 0 spiro atoms. The minimum absolute atomic E-state index is 0.290. The van der Waals surface area contributed by atoms with Crippen molar-refractivity contribution >= 4 is 0 Å². The van der Waals surface area contributed by atoms with E-state index in [1.165, 1.54) is 6.07 Å². The predicted octanol–water partition coefficient (Wildman–Crippen LogP) is 3.37. The van der Waals surface area contributed by atoms with E-state index < -0.39 is 6.10 Å². The first-order valence-electron chi connectivity index (χ1n) is 5.85. The van der Waals surface area contributed by atoms with Crippen molar-refractivity contribution in [1.82, 2.24) is 0 Å². The first-order valence-corrected chi connectivity index (χ1v) is 5.85. The van der Waals surface area contributed by atoms with E-state index in [1.807, 2.05) is 26.8 Å². The van der Waals surface area contributed by atoms with Gasteiger partial charge in [-0.1, -0.05) is 12.1 Å². The highest BCUT2D eigenvalue weighted by Crippen LogP contribution is 2.26. The van der Waals surface area contributed by atoms with Gasteiger partial charge in [-0.05, 0) is 45.2 Å². The molecule has 3 heteroatoms. The Labute approximate surface area is 102 Å². The zero-order chi connectivity index (χ0) is 13.1. The molecular formula is C14H21FO2. The molecule has 0 heterocycles. The van der Waals surface area contributed by atoms with Gasteiger partial charge in [0.25, 0.3) is 0 Å². The second-order valence-electron chi connectivity index (χ2n) is 5.04. The SMILES string of the molecule is COC(C)(C)CCC(O)c1ccc(C)cc1F. The molecule has 1 unspecified atom stereocenters. The van der Waals surface area contributed by atoms with Crippen LogP contribution < -0.4 is 0 Å². The Morgan fingerprint density at radius 3 is 2.59 bits per heavy atom. The molecule has 0 bridgehead atoms. The molecule has 1 aromatic rings. The molecule has 1 aromatic carbocycles. The quantitative estimate of drug-likeness (QED) is 0.855. The minimum atomic E-state index is -0.773. The van der Waals surface area contributed by atoms with Crippen molar-refractivity contribution in [1.29, 1.82) is 0 Å². The van der Waals surface area contributed by atoms with Crippen LogP contribution in [0.3, 0.4) is 0 Å². The van der Waals surface area contributed by atoms with Gasteiger partial charge in [-0.2, -0.15) is 0 Å². The monoisotopic (exact) mass is 240 g/mol. The Morgan fingerprint density at radius 1 is 1.41 bits per heavy atom. The van der Waals surface area contributed by atoms with E-state index in [9.17, 15) is 9.50 Å². The summed E-state index contributed by atoms with van der Waals surface area (Å²) in [7, 11) is 1.64. The lowest BCUT2D eigenvalue weighted by Crippen LogP contribution is -2.23. The van der Waals surface area contributed by atoms with Crippen LogP contribution in [0.4, 0.5) is 4.39 Å². The number of ether oxygens (including phenoxy) is 1. The van der Waals surface area contributed by atoms with Crippen LogP contribution in [0.15, 0.2) is 18.2 Å². The summed E-state index contributed by atoms with van der Waals surface area (Å²) in [6.07, 6.45) is 0.392. The number of aliphatic hydroxyl groups is 1. The molecular weight excluding hydrogens is 219 g/mol. The zero-order valence-electron chi connectivity index (χ0n) is 11.0. The molecule has 0 aliphatic heterocycles. The highest BCUT2D eigenvalue weighted by molar-refractivity contribution is 5.25. The Balaban J connectivity index is 2.67. The van der Waals surface area contributed by atoms with Crippen LogP contribution >= 0.6 is 0 Å². The molecule has 0 amide bonds. The van der Waals surface area contributed by atoms with Crippen LogP contribution in [0.2, 0.25) is 0 Å². The van der Waals surface area contributed by atoms with Gasteiger partial charge in [0.15, 0.2) is 0 Å². The van der Waals surface area contributed by atoms with Crippen molar-refractivity contribution in [2.24, 2.45) is 0 Å². The number of aliphatic hydroxyl groups excluding tert-OH is 1. The predicted molar refractivity (Wildman–Crippen MR) is 66.4 cm³/mol. The van der Waals surface area contributed by atoms with E-state index in [4.69, 9.17) is 4.74 Å². The average molecular weight is 240 g/mol. The van der Waals surface area contributed by atoms with Crippen LogP contribution in [0.5, 0.6) is 0 Å². The van der Waals surface area contributed by atoms with Crippen molar-refractivity contribution in [3.8, 4) is 0 Å². The van der Waals surface area contributed by atoms with Gasteiger partial charge in [0.05, 0.1) is 11.7 Å². The highest BCUT2D eigenvalue weighted by Gasteiger charge is 2.20. The van der Waals surface area contributed by atoms with Gasteiger partial charge in [0, 0.05) is 12.7 Å². The van der Waals surface area contributed by atoms with E-state index in [-0.39, 0.29) is 11.4 Å². The maximum absolute atomic E-state index is 13.6. The normalized spacial score (nSPS) is 13.8. The minimum Gasteiger partial charge on any atom is -0.388 e. The fourth-order valence-corrected chi connectivity index (χ4v) is 1.64. The van der Waals surface area contributed by atoms with Gasteiger partial charge in [-0.15, -0.1) is 0 Å². The molecule has 17 heavy (non-hydrogen) atoms. The number of rotatable bonds is 5. The summed E-state index contributed by atoms with van der Waals surface area (Å²) in [6, 6.07) is 4.90. The fraction of sp³-hybridized carbons (Fsp3) is 0.571. The Bertz CT molecular complexity index is 374. The van der Waals surface area contributed by atoms with Crippen molar-refractivity contribution in [3.05, 3.63) is 35.1 Å². The molecule has 1 atom stereocenters. The second kappa shape index (κ2) is 5.61. The largest absolute Gasteiger partial charge is 0.388 e. The van der Waals surface area contributed by atoms with E-state index in [2.05, 4.69) is 0 Å². The summed E-state index contributed by atoms with van der Waals surface area (Å²) in [4.78, 5) is 0. The Kier molecular flexibility index (Phi) is 4.66. The third kappa shape index (κ3) is 4.10. The highest BCUT2D eigenvalue weighted by atomic mass is 19.1. The van der Waals surface area contributed by atoms with Gasteiger partial charge < -0.3 is 9.84 Å². The molecule has 2 nitrogen and oxygen atoms in total. The van der Waals surface area contributed by atoms with Gasteiger partial charge >= 0.3 is 0 Å². The summed E-state index contributed by atoms with van der Waals surface area (Å²) in [6.45, 7) is 5.73. The number of halogens is 1. The molecule has 0 radical (unpaired) electrons. The number of hydrogen-bond donors (Lipinski definition) is 1. The summed E-state index contributed by atoms with van der Waals surface area (Å²) in [5, 5.41) is 9.96. The number of benzene rings is 1. The lowest BCUT2D eigenvalue weighted by molar-refractivity contribution is 0.00247. The standard InChI is InChI=1S/C14H21FO2/c1-10-5-6-11(12(15)9-10)13(16)7-8-14(2,3)17-4/h5-6,9,13,16H,7-8H2,1-4H3. The first kappa shape index (κ1) is 14.1. The Hall–Kier alpha value is -0.930. The zero-order valence-corrected chi connectivity index (χ0v) is 11.0. The lowest BCUT2D eigenvalue weighted by atomic mass is 9.96. The maximum Gasteiger partial charge on any atom is 0.129 e. The summed E-state index contributed by atoms with van der Waals surface area (Å²) in [5.41, 5.74) is 0.931. The third-order valence-corrected chi connectivity index (χ3v) is 3.09. The molecule has 0 aromatic heterocycles. The van der Waals surface area contributed by atoms with E-state index in [0.29, 0.717) is 18.4 Å². The van der Waals surface area contributed by atoms with E-state index >= 15 is 0 Å². The third-order valence-electron chi connectivity index (χ3n) is 3.09. The van der Waals surface area contributed by atoms with Crippen LogP contribution in [0, 0.1) is 12.7 Å². The van der Waals surface area contributed by atoms with Crippen molar-refractivity contribution in [2.75, 3.05) is 7.11 Å². The molecule has 0 aliphatic rings.